The molecule has 3 rings (SSSR count). The third-order valence-corrected chi connectivity index (χ3v) is 3.55. The maximum atomic E-state index is 3.45. The average molecular weight is 223 g/mol. The Kier molecular flexibility index (Phi) is 2.93. The number of hydrogen-bond acceptors (Lipinski definition) is 1. The zero-order valence-corrected chi connectivity index (χ0v) is 9.89. The maximum Gasteiger partial charge on any atom is 0.00208 e. The van der Waals surface area contributed by atoms with Crippen LogP contribution in [0.5, 0.6) is 0 Å². The van der Waals surface area contributed by atoms with Gasteiger partial charge in [0.05, 0.1) is 0 Å². The van der Waals surface area contributed by atoms with Crippen LogP contribution in [0.2, 0.25) is 0 Å². The molecule has 1 unspecified atom stereocenters. The van der Waals surface area contributed by atoms with Crippen LogP contribution in [-0.2, 0) is 0 Å². The molecule has 0 radical (unpaired) electrons. The summed E-state index contributed by atoms with van der Waals surface area (Å²) in [4.78, 5) is 0. The van der Waals surface area contributed by atoms with Gasteiger partial charge < -0.3 is 5.32 Å². The van der Waals surface area contributed by atoms with Crippen molar-refractivity contribution in [3.05, 3.63) is 60.2 Å². The van der Waals surface area contributed by atoms with Crippen molar-refractivity contribution < 1.29 is 0 Å². The molecule has 2 aromatic carbocycles. The van der Waals surface area contributed by atoms with Gasteiger partial charge in [0.25, 0.3) is 0 Å². The van der Waals surface area contributed by atoms with Crippen LogP contribution in [0.15, 0.2) is 54.6 Å². The highest BCUT2D eigenvalue weighted by molar-refractivity contribution is 5.68. The first-order chi connectivity index (χ1) is 8.45. The van der Waals surface area contributed by atoms with E-state index in [1.54, 1.807) is 0 Å². The summed E-state index contributed by atoms with van der Waals surface area (Å²) >= 11 is 0. The summed E-state index contributed by atoms with van der Waals surface area (Å²) in [5, 5.41) is 3.45. The molecule has 1 saturated heterocycles. The predicted molar refractivity (Wildman–Crippen MR) is 72.1 cm³/mol. The van der Waals surface area contributed by atoms with Gasteiger partial charge in [0.2, 0.25) is 0 Å². The molecule has 1 heterocycles. The lowest BCUT2D eigenvalue weighted by molar-refractivity contribution is 0.765. The van der Waals surface area contributed by atoms with E-state index in [0.29, 0.717) is 5.92 Å². The first kappa shape index (κ1) is 10.5. The van der Waals surface area contributed by atoms with Crippen molar-refractivity contribution in [2.75, 3.05) is 13.1 Å². The third-order valence-electron chi connectivity index (χ3n) is 3.55. The van der Waals surface area contributed by atoms with Crippen molar-refractivity contribution in [2.24, 2.45) is 0 Å². The molecule has 1 aliphatic heterocycles. The molecule has 1 atom stereocenters. The lowest BCUT2D eigenvalue weighted by Crippen LogP contribution is -2.08. The highest BCUT2D eigenvalue weighted by Crippen LogP contribution is 2.32. The summed E-state index contributed by atoms with van der Waals surface area (Å²) in [6, 6.07) is 19.5. The molecule has 1 heteroatoms. The second kappa shape index (κ2) is 4.72. The van der Waals surface area contributed by atoms with Gasteiger partial charge in [0.1, 0.15) is 0 Å². The molecule has 0 bridgehead atoms. The topological polar surface area (TPSA) is 12.0 Å². The smallest absolute Gasteiger partial charge is 0.00208 e. The zero-order valence-electron chi connectivity index (χ0n) is 9.89. The van der Waals surface area contributed by atoms with Crippen LogP contribution >= 0.6 is 0 Å². The Hall–Kier alpha value is -1.60. The van der Waals surface area contributed by atoms with Crippen LogP contribution < -0.4 is 5.32 Å². The number of benzene rings is 2. The van der Waals surface area contributed by atoms with Crippen LogP contribution in [0.25, 0.3) is 11.1 Å². The molecule has 0 saturated carbocycles. The summed E-state index contributed by atoms with van der Waals surface area (Å²) in [5.74, 6) is 0.673. The standard InChI is InChI=1S/C16H17N/c1-2-6-13(7-3-1)15-8-4-5-9-16(15)14-10-11-17-12-14/h1-9,14,17H,10-12H2. The Morgan fingerprint density at radius 2 is 1.65 bits per heavy atom. The monoisotopic (exact) mass is 223 g/mol. The SMILES string of the molecule is c1ccc(-c2ccccc2C2CCNC2)cc1. The average Bonchev–Trinajstić information content (AvgIpc) is 2.94. The Morgan fingerprint density at radius 1 is 0.882 bits per heavy atom. The Morgan fingerprint density at radius 3 is 2.41 bits per heavy atom. The van der Waals surface area contributed by atoms with Crippen molar-refractivity contribution in [1.29, 1.82) is 0 Å². The van der Waals surface area contributed by atoms with Crippen molar-refractivity contribution >= 4 is 0 Å². The van der Waals surface area contributed by atoms with E-state index < -0.39 is 0 Å². The second-order valence-corrected chi connectivity index (χ2v) is 4.64. The van der Waals surface area contributed by atoms with Gasteiger partial charge in [0, 0.05) is 6.54 Å². The van der Waals surface area contributed by atoms with E-state index in [0.717, 1.165) is 13.1 Å². The summed E-state index contributed by atoms with van der Waals surface area (Å²) in [6.07, 6.45) is 1.25. The third kappa shape index (κ3) is 2.11. The molecule has 1 nitrogen and oxygen atoms in total. The molecule has 1 N–H and O–H groups in total. The maximum absolute atomic E-state index is 3.45. The van der Waals surface area contributed by atoms with Gasteiger partial charge in [0.15, 0.2) is 0 Å². The van der Waals surface area contributed by atoms with E-state index in [1.165, 1.54) is 23.1 Å². The molecule has 0 amide bonds. The van der Waals surface area contributed by atoms with E-state index in [4.69, 9.17) is 0 Å². The zero-order chi connectivity index (χ0) is 11.5. The Labute approximate surface area is 102 Å². The number of nitrogens with one attached hydrogen (secondary N) is 1. The highest BCUT2D eigenvalue weighted by atomic mass is 14.9. The molecular formula is C16H17N. The largest absolute Gasteiger partial charge is 0.316 e. The van der Waals surface area contributed by atoms with Gasteiger partial charge in [-0.25, -0.2) is 0 Å². The highest BCUT2D eigenvalue weighted by Gasteiger charge is 2.19. The fourth-order valence-electron chi connectivity index (χ4n) is 2.65. The van der Waals surface area contributed by atoms with Crippen molar-refractivity contribution in [2.45, 2.75) is 12.3 Å². The molecule has 86 valence electrons. The van der Waals surface area contributed by atoms with Crippen molar-refractivity contribution in [3.63, 3.8) is 0 Å². The summed E-state index contributed by atoms with van der Waals surface area (Å²) in [5.41, 5.74) is 4.21. The summed E-state index contributed by atoms with van der Waals surface area (Å²) < 4.78 is 0. The van der Waals surface area contributed by atoms with Gasteiger partial charge in [-0.2, -0.15) is 0 Å². The predicted octanol–water partition coefficient (Wildman–Crippen LogP) is 3.43. The van der Waals surface area contributed by atoms with Crippen molar-refractivity contribution in [3.8, 4) is 11.1 Å². The lowest BCUT2D eigenvalue weighted by atomic mass is 9.90. The number of hydrogen-bond donors (Lipinski definition) is 1. The minimum absolute atomic E-state index is 0.673. The normalized spacial score (nSPS) is 19.4. The summed E-state index contributed by atoms with van der Waals surface area (Å²) in [7, 11) is 0. The minimum Gasteiger partial charge on any atom is -0.316 e. The van der Waals surface area contributed by atoms with E-state index in [2.05, 4.69) is 59.9 Å². The molecule has 1 aliphatic rings. The molecule has 0 aliphatic carbocycles. The first-order valence-corrected chi connectivity index (χ1v) is 6.30. The van der Waals surface area contributed by atoms with Crippen LogP contribution in [0, 0.1) is 0 Å². The van der Waals surface area contributed by atoms with Crippen LogP contribution in [0.1, 0.15) is 17.9 Å². The molecule has 1 fully saturated rings. The van der Waals surface area contributed by atoms with Crippen LogP contribution in [-0.4, -0.2) is 13.1 Å². The first-order valence-electron chi connectivity index (χ1n) is 6.30. The molecular weight excluding hydrogens is 206 g/mol. The fourth-order valence-corrected chi connectivity index (χ4v) is 2.65. The van der Waals surface area contributed by atoms with Gasteiger partial charge in [-0.3, -0.25) is 0 Å². The van der Waals surface area contributed by atoms with E-state index in [-0.39, 0.29) is 0 Å². The minimum atomic E-state index is 0.673. The van der Waals surface area contributed by atoms with E-state index in [1.807, 2.05) is 0 Å². The van der Waals surface area contributed by atoms with E-state index >= 15 is 0 Å². The quantitative estimate of drug-likeness (QED) is 0.822. The Bertz CT molecular complexity index is 484. The van der Waals surface area contributed by atoms with E-state index in [9.17, 15) is 0 Å². The molecule has 2 aromatic rings. The van der Waals surface area contributed by atoms with Gasteiger partial charge in [-0.05, 0) is 35.6 Å². The lowest BCUT2D eigenvalue weighted by Gasteiger charge is -2.14. The van der Waals surface area contributed by atoms with Crippen LogP contribution in [0.4, 0.5) is 0 Å². The molecule has 0 spiro atoms. The fraction of sp³-hybridized carbons (Fsp3) is 0.250. The second-order valence-electron chi connectivity index (χ2n) is 4.64. The van der Waals surface area contributed by atoms with Crippen LogP contribution in [0.3, 0.4) is 0 Å². The van der Waals surface area contributed by atoms with Gasteiger partial charge in [-0.15, -0.1) is 0 Å². The van der Waals surface area contributed by atoms with Gasteiger partial charge in [-0.1, -0.05) is 54.6 Å². The number of rotatable bonds is 2. The molecule has 17 heavy (non-hydrogen) atoms. The van der Waals surface area contributed by atoms with Gasteiger partial charge >= 0.3 is 0 Å². The summed E-state index contributed by atoms with van der Waals surface area (Å²) in [6.45, 7) is 2.26. The van der Waals surface area contributed by atoms with Crippen molar-refractivity contribution in [1.82, 2.24) is 5.32 Å². The Balaban J connectivity index is 2.04. The molecule has 0 aromatic heterocycles.